The molecule has 1 aliphatic carbocycles. The minimum absolute atomic E-state index is 0. The Morgan fingerprint density at radius 1 is 1.26 bits per heavy atom. The van der Waals surface area contributed by atoms with E-state index >= 15 is 0 Å². The predicted octanol–water partition coefficient (Wildman–Crippen LogP) is 3.37. The Morgan fingerprint density at radius 2 is 1.87 bits per heavy atom. The highest BCUT2D eigenvalue weighted by molar-refractivity contribution is 7.59. The molecule has 1 aromatic carbocycles. The first-order valence-electron chi connectivity index (χ1n) is 7.30. The molecule has 2 rings (SSSR count). The molecule has 2 atom stereocenters. The van der Waals surface area contributed by atoms with E-state index in [1.807, 2.05) is 24.3 Å². The van der Waals surface area contributed by atoms with E-state index in [2.05, 4.69) is 0 Å². The van der Waals surface area contributed by atoms with Gasteiger partial charge in [-0.05, 0) is 50.7 Å². The summed E-state index contributed by atoms with van der Waals surface area (Å²) >= 11 is 0. The summed E-state index contributed by atoms with van der Waals surface area (Å²) in [6.07, 6.45) is 1.57. The summed E-state index contributed by atoms with van der Waals surface area (Å²) in [7, 11) is 0. The van der Waals surface area contributed by atoms with Gasteiger partial charge in [0.05, 0.1) is 12.3 Å². The number of aryl methyl sites for hydroxylation is 1. The van der Waals surface area contributed by atoms with Crippen LogP contribution in [0.5, 0.6) is 0 Å². The normalized spacial score (nSPS) is 17.3. The first-order valence-corrected chi connectivity index (χ1v) is 7.30. The molecule has 1 aliphatic rings. The predicted molar refractivity (Wildman–Crippen MR) is 99.9 cm³/mol. The summed E-state index contributed by atoms with van der Waals surface area (Å²) in [6.45, 7) is 5.35. The molecule has 0 fully saturated rings. The summed E-state index contributed by atoms with van der Waals surface area (Å²) in [6, 6.07) is 7.88. The van der Waals surface area contributed by atoms with Crippen LogP contribution in [0, 0.1) is 5.92 Å². The minimum atomic E-state index is -0.928. The zero-order valence-electron chi connectivity index (χ0n) is 13.8. The molecule has 0 aromatic heterocycles. The largest absolute Gasteiger partial charge is 0.481 e. The lowest BCUT2D eigenvalue weighted by molar-refractivity contribution is -0.160. The van der Waals surface area contributed by atoms with Gasteiger partial charge in [-0.15, -0.1) is 0 Å². The highest BCUT2D eigenvalue weighted by Gasteiger charge is 2.36. The van der Waals surface area contributed by atoms with Crippen LogP contribution in [0.25, 0.3) is 0 Å². The number of carbonyl (C=O) groups excluding carboxylic acids is 1. The number of hydrogen-bond acceptors (Lipinski definition) is 3. The minimum Gasteiger partial charge on any atom is -0.481 e. The molecule has 0 heterocycles. The van der Waals surface area contributed by atoms with Crippen LogP contribution in [0.1, 0.15) is 50.7 Å². The van der Waals surface area contributed by atoms with E-state index in [0.29, 0.717) is 0 Å². The number of ether oxygens (including phenoxy) is 1. The van der Waals surface area contributed by atoms with Gasteiger partial charge in [0, 0.05) is 0 Å². The van der Waals surface area contributed by atoms with Gasteiger partial charge in [-0.1, -0.05) is 24.3 Å². The van der Waals surface area contributed by atoms with Crippen LogP contribution >= 0.6 is 27.0 Å². The number of carbonyl (C=O) groups is 2. The van der Waals surface area contributed by atoms with Crippen molar-refractivity contribution in [3.8, 4) is 0 Å². The number of fused-ring (bicyclic) bond motifs is 1. The molecule has 0 aliphatic heterocycles. The van der Waals surface area contributed by atoms with Crippen molar-refractivity contribution in [2.24, 2.45) is 5.92 Å². The zero-order valence-corrected chi connectivity index (χ0v) is 15.8. The van der Waals surface area contributed by atoms with Crippen molar-refractivity contribution in [2.45, 2.75) is 51.6 Å². The smallest absolute Gasteiger partial charge is 0.307 e. The third-order valence-corrected chi connectivity index (χ3v) is 3.79. The SMILES string of the molecule is CC(C)(C)OC(=O)C[C@H](C(=O)O)[C@@H]1CCc2ccccc21.S.S. The van der Waals surface area contributed by atoms with E-state index in [0.717, 1.165) is 18.4 Å². The Bertz CT molecular complexity index is 552. The number of carboxylic acids is 1. The lowest BCUT2D eigenvalue weighted by atomic mass is 9.85. The molecule has 0 spiro atoms. The number of esters is 1. The van der Waals surface area contributed by atoms with Gasteiger partial charge in [-0.2, -0.15) is 27.0 Å². The Labute approximate surface area is 151 Å². The van der Waals surface area contributed by atoms with Crippen molar-refractivity contribution in [3.63, 3.8) is 0 Å². The van der Waals surface area contributed by atoms with Crippen molar-refractivity contribution in [2.75, 3.05) is 0 Å². The summed E-state index contributed by atoms with van der Waals surface area (Å²) in [5.41, 5.74) is 1.67. The molecule has 6 heteroatoms. The Kier molecular flexibility index (Phi) is 8.21. The van der Waals surface area contributed by atoms with Crippen LogP contribution in [0.2, 0.25) is 0 Å². The molecule has 0 unspecified atom stereocenters. The molecule has 23 heavy (non-hydrogen) atoms. The van der Waals surface area contributed by atoms with Crippen molar-refractivity contribution < 1.29 is 19.4 Å². The van der Waals surface area contributed by atoms with Crippen LogP contribution in [0.4, 0.5) is 0 Å². The molecule has 4 nitrogen and oxygen atoms in total. The van der Waals surface area contributed by atoms with Gasteiger partial charge in [0.2, 0.25) is 0 Å². The summed E-state index contributed by atoms with van der Waals surface area (Å²) in [5.74, 6) is -2.20. The van der Waals surface area contributed by atoms with Gasteiger partial charge in [-0.25, -0.2) is 0 Å². The van der Waals surface area contributed by atoms with Crippen molar-refractivity contribution in [1.82, 2.24) is 0 Å². The van der Waals surface area contributed by atoms with E-state index < -0.39 is 23.5 Å². The van der Waals surface area contributed by atoms with Gasteiger partial charge in [-0.3, -0.25) is 9.59 Å². The van der Waals surface area contributed by atoms with Gasteiger partial charge in [0.1, 0.15) is 5.60 Å². The van der Waals surface area contributed by atoms with E-state index in [1.54, 1.807) is 20.8 Å². The summed E-state index contributed by atoms with van der Waals surface area (Å²) in [5, 5.41) is 9.50. The molecule has 0 bridgehead atoms. The Morgan fingerprint density at radius 3 is 2.43 bits per heavy atom. The molecular formula is C17H26O4S2. The fourth-order valence-corrected chi connectivity index (χ4v) is 2.97. The Balaban J connectivity index is 0.00000242. The number of hydrogen-bond donors (Lipinski definition) is 1. The van der Waals surface area contributed by atoms with Crippen LogP contribution in [0.15, 0.2) is 24.3 Å². The maximum absolute atomic E-state index is 12.0. The van der Waals surface area contributed by atoms with Gasteiger partial charge in [0.25, 0.3) is 0 Å². The van der Waals surface area contributed by atoms with Crippen molar-refractivity contribution in [1.29, 1.82) is 0 Å². The number of benzene rings is 1. The molecule has 1 aromatic rings. The summed E-state index contributed by atoms with van der Waals surface area (Å²) < 4.78 is 5.26. The monoisotopic (exact) mass is 358 g/mol. The van der Waals surface area contributed by atoms with Crippen LogP contribution in [-0.4, -0.2) is 22.6 Å². The average Bonchev–Trinajstić information content (AvgIpc) is 2.77. The van der Waals surface area contributed by atoms with Crippen LogP contribution < -0.4 is 0 Å². The second-order valence-electron chi connectivity index (χ2n) is 6.58. The molecule has 0 amide bonds. The highest BCUT2D eigenvalue weighted by Crippen LogP contribution is 2.40. The average molecular weight is 359 g/mol. The van der Waals surface area contributed by atoms with Crippen molar-refractivity contribution in [3.05, 3.63) is 35.4 Å². The van der Waals surface area contributed by atoms with E-state index in [1.165, 1.54) is 5.56 Å². The summed E-state index contributed by atoms with van der Waals surface area (Å²) in [4.78, 5) is 23.5. The van der Waals surface area contributed by atoms with E-state index in [9.17, 15) is 14.7 Å². The van der Waals surface area contributed by atoms with E-state index in [4.69, 9.17) is 4.74 Å². The fourth-order valence-electron chi connectivity index (χ4n) is 2.97. The maximum Gasteiger partial charge on any atom is 0.307 e. The first kappa shape index (κ1) is 21.9. The second kappa shape index (κ2) is 8.64. The third kappa shape index (κ3) is 5.77. The molecule has 130 valence electrons. The molecule has 1 N–H and O–H groups in total. The topological polar surface area (TPSA) is 63.6 Å². The lowest BCUT2D eigenvalue weighted by Gasteiger charge is -2.23. The lowest BCUT2D eigenvalue weighted by Crippen LogP contribution is -2.29. The number of rotatable bonds is 4. The first-order chi connectivity index (χ1) is 9.78. The molecule has 0 saturated heterocycles. The fraction of sp³-hybridized carbons (Fsp3) is 0.529. The molecular weight excluding hydrogens is 332 g/mol. The van der Waals surface area contributed by atoms with Gasteiger partial charge < -0.3 is 9.84 Å². The van der Waals surface area contributed by atoms with Crippen LogP contribution in [0.3, 0.4) is 0 Å². The highest BCUT2D eigenvalue weighted by atomic mass is 32.1. The second-order valence-corrected chi connectivity index (χ2v) is 6.58. The standard InChI is InChI=1S/C17H22O4.2H2S/c1-17(2,3)21-15(18)10-14(16(19)20)13-9-8-11-6-4-5-7-12(11)13;;/h4-7,13-14H,8-10H2,1-3H3,(H,19,20);2*1H2/t13-,14+;;/m1../s1. The Hall–Kier alpha value is -1.14. The third-order valence-electron chi connectivity index (χ3n) is 3.79. The number of carboxylic acid groups (broad SMARTS) is 1. The zero-order chi connectivity index (χ0) is 15.6. The van der Waals surface area contributed by atoms with Gasteiger partial charge in [0.15, 0.2) is 0 Å². The van der Waals surface area contributed by atoms with E-state index in [-0.39, 0.29) is 39.3 Å². The molecule has 0 radical (unpaired) electrons. The van der Waals surface area contributed by atoms with Gasteiger partial charge >= 0.3 is 11.9 Å². The number of aliphatic carboxylic acids is 1. The maximum atomic E-state index is 12.0. The quantitative estimate of drug-likeness (QED) is 0.838. The van der Waals surface area contributed by atoms with Crippen LogP contribution in [-0.2, 0) is 20.7 Å². The van der Waals surface area contributed by atoms with Crippen molar-refractivity contribution >= 4 is 38.9 Å². The molecule has 0 saturated carbocycles.